The summed E-state index contributed by atoms with van der Waals surface area (Å²) < 4.78 is 37.9. The Balaban J connectivity index is 0.000000168. The number of fused-ring (bicyclic) bond motifs is 2. The van der Waals surface area contributed by atoms with Crippen molar-refractivity contribution in [3.8, 4) is 22.8 Å². The van der Waals surface area contributed by atoms with Gasteiger partial charge in [0.2, 0.25) is 0 Å². The van der Waals surface area contributed by atoms with Crippen molar-refractivity contribution in [2.75, 3.05) is 36.8 Å². The standard InChI is InChI=1S/C24H23FN6O2.C16H17FN6/c25-18-9-11-30(24(32)33-16-17-6-2-1-3-7-17)15-20(18)29-22-14-26-12-19(28-22)21-13-27-23-8-4-5-10-31(21)23;17-11-4-5-18-7-12(11)21-15-10-19-8-13(22-15)14-9-20-16-3-1-2-6-23(14)16/h1-8,10,12-14,18,20H,9,11,15-16H2,(H,28,29);1-3,6,8-12,18H,4-5,7H2,(H,21,22)/t18-,20+;11-,12+/m11/s1. The molecule has 0 bridgehead atoms. The van der Waals surface area contributed by atoms with Crippen LogP contribution in [0.4, 0.5) is 25.2 Å². The van der Waals surface area contributed by atoms with Crippen LogP contribution in [0.1, 0.15) is 18.4 Å². The van der Waals surface area contributed by atoms with Crippen LogP contribution < -0.4 is 16.0 Å². The number of amides is 1. The Morgan fingerprint density at radius 2 is 1.32 bits per heavy atom. The average Bonchev–Trinajstić information content (AvgIpc) is 3.88. The molecule has 9 rings (SSSR count). The third-order valence-electron chi connectivity index (χ3n) is 9.68. The van der Waals surface area contributed by atoms with Crippen molar-refractivity contribution < 1.29 is 18.3 Å². The zero-order valence-electron chi connectivity index (χ0n) is 30.3. The highest BCUT2D eigenvalue weighted by atomic mass is 19.1. The Bertz CT molecular complexity index is 2390. The van der Waals surface area contributed by atoms with Crippen molar-refractivity contribution in [2.45, 2.75) is 43.9 Å². The van der Waals surface area contributed by atoms with Gasteiger partial charge < -0.3 is 25.6 Å². The third kappa shape index (κ3) is 8.39. The largest absolute Gasteiger partial charge is 0.445 e. The number of pyridine rings is 2. The number of nitrogens with zero attached hydrogens (tertiary/aromatic N) is 9. The Kier molecular flexibility index (Phi) is 11.0. The lowest BCUT2D eigenvalue weighted by atomic mass is 10.0. The molecule has 4 atom stereocenters. The van der Waals surface area contributed by atoms with E-state index in [1.807, 2.05) is 87.9 Å². The first-order valence-corrected chi connectivity index (χ1v) is 18.4. The number of carbonyl (C=O) groups excluding carboxylic acids is 1. The summed E-state index contributed by atoms with van der Waals surface area (Å²) in [7, 11) is 0. The molecule has 2 fully saturated rings. The minimum absolute atomic E-state index is 0.177. The van der Waals surface area contributed by atoms with Gasteiger partial charge in [-0.2, -0.15) is 0 Å². The minimum Gasteiger partial charge on any atom is -0.445 e. The molecule has 2 aliphatic heterocycles. The lowest BCUT2D eigenvalue weighted by Gasteiger charge is -2.35. The van der Waals surface area contributed by atoms with E-state index in [0.29, 0.717) is 49.1 Å². The summed E-state index contributed by atoms with van der Waals surface area (Å²) in [4.78, 5) is 40.4. The number of ether oxygens (including phenoxy) is 1. The van der Waals surface area contributed by atoms with E-state index in [1.165, 1.54) is 4.90 Å². The molecular weight excluding hydrogens is 719 g/mol. The van der Waals surface area contributed by atoms with E-state index in [4.69, 9.17) is 4.74 Å². The third-order valence-corrected chi connectivity index (χ3v) is 9.68. The maximum absolute atomic E-state index is 14.7. The zero-order chi connectivity index (χ0) is 38.3. The molecule has 1 amide bonds. The molecule has 8 heterocycles. The molecule has 3 N–H and O–H groups in total. The molecule has 14 nitrogen and oxygen atoms in total. The number of likely N-dealkylation sites (tertiary alicyclic amines) is 1. The van der Waals surface area contributed by atoms with Crippen LogP contribution in [0.25, 0.3) is 34.1 Å². The number of hydrogen-bond acceptors (Lipinski definition) is 11. The molecule has 0 saturated carbocycles. The second-order valence-electron chi connectivity index (χ2n) is 13.5. The molecule has 6 aromatic heterocycles. The highest BCUT2D eigenvalue weighted by Crippen LogP contribution is 2.24. The number of halogens is 2. The average molecular weight is 759 g/mol. The quantitative estimate of drug-likeness (QED) is 0.171. The van der Waals surface area contributed by atoms with Crippen molar-refractivity contribution >= 4 is 29.0 Å². The van der Waals surface area contributed by atoms with Crippen LogP contribution in [0, 0.1) is 0 Å². The number of carbonyl (C=O) groups is 1. The molecule has 2 saturated heterocycles. The number of piperidine rings is 2. The number of alkyl halides is 2. The summed E-state index contributed by atoms with van der Waals surface area (Å²) in [6.45, 7) is 1.96. The van der Waals surface area contributed by atoms with Gasteiger partial charge in [0.05, 0.1) is 60.7 Å². The number of anilines is 2. The highest BCUT2D eigenvalue weighted by Gasteiger charge is 2.33. The van der Waals surface area contributed by atoms with Crippen molar-refractivity contribution in [3.05, 3.63) is 122 Å². The van der Waals surface area contributed by atoms with Gasteiger partial charge in [0, 0.05) is 32.0 Å². The Labute approximate surface area is 321 Å². The van der Waals surface area contributed by atoms with Gasteiger partial charge >= 0.3 is 6.09 Å². The fourth-order valence-corrected chi connectivity index (χ4v) is 6.75. The van der Waals surface area contributed by atoms with Crippen molar-refractivity contribution in [2.24, 2.45) is 0 Å². The van der Waals surface area contributed by atoms with Crippen LogP contribution in [-0.4, -0.2) is 100 Å². The second kappa shape index (κ2) is 16.9. The van der Waals surface area contributed by atoms with Gasteiger partial charge in [-0.05, 0) is 49.2 Å². The predicted molar refractivity (Wildman–Crippen MR) is 207 cm³/mol. The molecule has 286 valence electrons. The molecule has 0 spiro atoms. The fourth-order valence-electron chi connectivity index (χ4n) is 6.75. The van der Waals surface area contributed by atoms with Gasteiger partial charge in [0.25, 0.3) is 0 Å². The maximum atomic E-state index is 14.7. The lowest BCUT2D eigenvalue weighted by molar-refractivity contribution is 0.0729. The SMILES string of the molecule is F[C@@H]1CCNC[C@@H]1Nc1cncc(-c2cnc3ccccn23)n1.O=C(OCc1ccccc1)N1CC[C@@H](F)[C@@H](Nc2cncc(-c3cnc4ccccn34)n2)C1. The highest BCUT2D eigenvalue weighted by molar-refractivity contribution is 5.68. The monoisotopic (exact) mass is 758 g/mol. The number of imidazole rings is 2. The van der Waals surface area contributed by atoms with Crippen LogP contribution in [0.5, 0.6) is 0 Å². The zero-order valence-corrected chi connectivity index (χ0v) is 30.3. The van der Waals surface area contributed by atoms with E-state index < -0.39 is 24.5 Å². The van der Waals surface area contributed by atoms with Gasteiger partial charge in [-0.1, -0.05) is 42.5 Å². The second-order valence-corrected chi connectivity index (χ2v) is 13.5. The molecule has 16 heteroatoms. The van der Waals surface area contributed by atoms with Crippen LogP contribution in [0.3, 0.4) is 0 Å². The van der Waals surface area contributed by atoms with E-state index in [9.17, 15) is 13.6 Å². The van der Waals surface area contributed by atoms with Crippen molar-refractivity contribution in [3.63, 3.8) is 0 Å². The van der Waals surface area contributed by atoms with Gasteiger partial charge in [-0.15, -0.1) is 0 Å². The molecule has 56 heavy (non-hydrogen) atoms. The van der Waals surface area contributed by atoms with Crippen LogP contribution in [-0.2, 0) is 11.3 Å². The summed E-state index contributed by atoms with van der Waals surface area (Å²) in [5.74, 6) is 1.01. The summed E-state index contributed by atoms with van der Waals surface area (Å²) >= 11 is 0. The number of rotatable bonds is 8. The number of nitrogens with one attached hydrogen (secondary N) is 3. The number of aromatic nitrogens is 8. The summed E-state index contributed by atoms with van der Waals surface area (Å²) in [6.07, 6.45) is 12.1. The molecule has 7 aromatic rings. The first-order chi connectivity index (χ1) is 27.5. The van der Waals surface area contributed by atoms with Gasteiger partial charge in [-0.3, -0.25) is 18.8 Å². The molecule has 1 aromatic carbocycles. The van der Waals surface area contributed by atoms with Gasteiger partial charge in [-0.25, -0.2) is 33.5 Å². The lowest BCUT2D eigenvalue weighted by Crippen LogP contribution is -2.51. The first-order valence-electron chi connectivity index (χ1n) is 18.4. The Morgan fingerprint density at radius 1 is 0.732 bits per heavy atom. The molecule has 0 radical (unpaired) electrons. The van der Waals surface area contributed by atoms with E-state index in [1.54, 1.807) is 37.2 Å². The first kappa shape index (κ1) is 36.4. The smallest absolute Gasteiger partial charge is 0.410 e. The summed E-state index contributed by atoms with van der Waals surface area (Å²) in [5.41, 5.74) is 5.51. The maximum Gasteiger partial charge on any atom is 0.410 e. The summed E-state index contributed by atoms with van der Waals surface area (Å²) in [5, 5.41) is 9.44. The number of benzene rings is 1. The molecular formula is C40H40F2N12O2. The van der Waals surface area contributed by atoms with E-state index in [0.717, 1.165) is 28.2 Å². The molecule has 0 unspecified atom stereocenters. The minimum atomic E-state index is -1.12. The van der Waals surface area contributed by atoms with Crippen LogP contribution in [0.2, 0.25) is 0 Å². The predicted octanol–water partition coefficient (Wildman–Crippen LogP) is 5.86. The molecule has 0 aliphatic carbocycles. The number of hydrogen-bond donors (Lipinski definition) is 3. The van der Waals surface area contributed by atoms with Crippen molar-refractivity contribution in [1.82, 2.24) is 48.9 Å². The van der Waals surface area contributed by atoms with Gasteiger partial charge in [0.15, 0.2) is 0 Å². The van der Waals surface area contributed by atoms with Crippen molar-refractivity contribution in [1.29, 1.82) is 0 Å². The fraction of sp³-hybridized carbons (Fsp3) is 0.275. The van der Waals surface area contributed by atoms with E-state index in [-0.39, 0.29) is 25.6 Å². The molecule has 2 aliphatic rings. The topological polar surface area (TPSA) is 152 Å². The van der Waals surface area contributed by atoms with Crippen LogP contribution >= 0.6 is 0 Å². The normalized spacial score (nSPS) is 19.6. The van der Waals surface area contributed by atoms with E-state index in [2.05, 4.69) is 45.9 Å². The Morgan fingerprint density at radius 3 is 1.95 bits per heavy atom. The van der Waals surface area contributed by atoms with Crippen LogP contribution in [0.15, 0.2) is 116 Å². The summed E-state index contributed by atoms with van der Waals surface area (Å²) in [6, 6.07) is 20.1. The van der Waals surface area contributed by atoms with Gasteiger partial charge in [0.1, 0.15) is 53.3 Å². The Hall–Kier alpha value is -6.55. The van der Waals surface area contributed by atoms with E-state index >= 15 is 0 Å².